The quantitative estimate of drug-likeness (QED) is 0.852. The summed E-state index contributed by atoms with van der Waals surface area (Å²) in [4.78, 5) is 14.8. The lowest BCUT2D eigenvalue weighted by Crippen LogP contribution is -2.38. The van der Waals surface area contributed by atoms with E-state index in [2.05, 4.69) is 22.0 Å². The van der Waals surface area contributed by atoms with Crippen molar-refractivity contribution in [2.24, 2.45) is 5.41 Å². The summed E-state index contributed by atoms with van der Waals surface area (Å²) in [5.74, 6) is 0.259. The summed E-state index contributed by atoms with van der Waals surface area (Å²) >= 11 is 3.47. The monoisotopic (exact) mass is 337 g/mol. The summed E-state index contributed by atoms with van der Waals surface area (Å²) in [6.45, 7) is 2.85. The lowest BCUT2D eigenvalue weighted by atomic mass is 9.72. The van der Waals surface area contributed by atoms with Crippen LogP contribution >= 0.6 is 15.9 Å². The van der Waals surface area contributed by atoms with Crippen LogP contribution in [0.1, 0.15) is 37.7 Å². The smallest absolute Gasteiger partial charge is 0.233 e. The first kappa shape index (κ1) is 14.1. The molecule has 1 saturated heterocycles. The zero-order chi connectivity index (χ0) is 14.3. The van der Waals surface area contributed by atoms with Crippen LogP contribution in [-0.2, 0) is 4.79 Å². The van der Waals surface area contributed by atoms with Crippen molar-refractivity contribution >= 4 is 27.5 Å². The fraction of sp³-hybridized carbons (Fsp3) is 0.562. The van der Waals surface area contributed by atoms with Gasteiger partial charge in [0.25, 0.3) is 0 Å². The van der Waals surface area contributed by atoms with Crippen LogP contribution in [0.25, 0.3) is 0 Å². The van der Waals surface area contributed by atoms with Gasteiger partial charge in [0, 0.05) is 16.7 Å². The minimum absolute atomic E-state index is 0.210. The van der Waals surface area contributed by atoms with Gasteiger partial charge in [0.05, 0.1) is 11.5 Å². The van der Waals surface area contributed by atoms with E-state index < -0.39 is 0 Å². The third kappa shape index (κ3) is 2.29. The van der Waals surface area contributed by atoms with Crippen LogP contribution in [0.2, 0.25) is 0 Å². The van der Waals surface area contributed by atoms with Crippen LogP contribution in [0.15, 0.2) is 22.7 Å². The third-order valence-corrected chi connectivity index (χ3v) is 5.37. The number of hydrogen-bond acceptors (Lipinski definition) is 2. The van der Waals surface area contributed by atoms with Gasteiger partial charge in [0.15, 0.2) is 0 Å². The SMILES string of the molecule is Cc1cc(Br)ccc1N1CCC2(CCC(O)CC2)C1=O. The summed E-state index contributed by atoms with van der Waals surface area (Å²) in [5, 5.41) is 9.67. The number of hydrogen-bond donors (Lipinski definition) is 1. The number of aliphatic hydroxyl groups excluding tert-OH is 1. The average molecular weight is 338 g/mol. The highest BCUT2D eigenvalue weighted by Crippen LogP contribution is 2.46. The molecule has 1 saturated carbocycles. The largest absolute Gasteiger partial charge is 0.393 e. The van der Waals surface area contributed by atoms with Crippen molar-refractivity contribution in [1.29, 1.82) is 0 Å². The van der Waals surface area contributed by atoms with E-state index >= 15 is 0 Å². The van der Waals surface area contributed by atoms with Gasteiger partial charge in [-0.3, -0.25) is 4.79 Å². The molecular formula is C16H20BrNO2. The van der Waals surface area contributed by atoms with Gasteiger partial charge in [-0.25, -0.2) is 0 Å². The number of benzene rings is 1. The number of anilines is 1. The Labute approximate surface area is 128 Å². The number of nitrogens with zero attached hydrogens (tertiary/aromatic N) is 1. The molecule has 2 aliphatic rings. The number of rotatable bonds is 1. The fourth-order valence-corrected chi connectivity index (χ4v) is 4.07. The molecule has 1 N–H and O–H groups in total. The highest BCUT2D eigenvalue weighted by molar-refractivity contribution is 9.10. The molecule has 1 spiro atoms. The van der Waals surface area contributed by atoms with Crippen molar-refractivity contribution in [2.45, 2.75) is 45.1 Å². The third-order valence-electron chi connectivity index (χ3n) is 4.87. The summed E-state index contributed by atoms with van der Waals surface area (Å²) in [7, 11) is 0. The molecule has 1 heterocycles. The number of aryl methyl sites for hydroxylation is 1. The maximum absolute atomic E-state index is 12.9. The van der Waals surface area contributed by atoms with Crippen molar-refractivity contribution in [1.82, 2.24) is 0 Å². The number of carbonyl (C=O) groups excluding carboxylic acids is 1. The molecule has 4 heteroatoms. The molecule has 2 fully saturated rings. The molecule has 0 bridgehead atoms. The van der Waals surface area contributed by atoms with Crippen molar-refractivity contribution in [2.75, 3.05) is 11.4 Å². The fourth-order valence-electron chi connectivity index (χ4n) is 3.59. The number of carbonyl (C=O) groups is 1. The van der Waals surface area contributed by atoms with Gasteiger partial charge in [0.1, 0.15) is 0 Å². The van der Waals surface area contributed by atoms with Gasteiger partial charge < -0.3 is 10.0 Å². The summed E-state index contributed by atoms with van der Waals surface area (Å²) < 4.78 is 1.04. The summed E-state index contributed by atoms with van der Waals surface area (Å²) in [6, 6.07) is 6.07. The highest BCUT2D eigenvalue weighted by atomic mass is 79.9. The van der Waals surface area contributed by atoms with E-state index in [0.717, 1.165) is 54.4 Å². The van der Waals surface area contributed by atoms with E-state index in [0.29, 0.717) is 0 Å². The Kier molecular flexibility index (Phi) is 3.63. The molecule has 1 aromatic rings. The summed E-state index contributed by atoms with van der Waals surface area (Å²) in [5.41, 5.74) is 1.94. The Morgan fingerprint density at radius 1 is 1.30 bits per heavy atom. The molecule has 1 aromatic carbocycles. The van der Waals surface area contributed by atoms with E-state index in [1.165, 1.54) is 0 Å². The Bertz CT molecular complexity index is 535. The van der Waals surface area contributed by atoms with Crippen LogP contribution in [0.4, 0.5) is 5.69 Å². The number of halogens is 1. The van der Waals surface area contributed by atoms with Crippen LogP contribution < -0.4 is 4.90 Å². The van der Waals surface area contributed by atoms with Crippen LogP contribution in [0, 0.1) is 12.3 Å². The van der Waals surface area contributed by atoms with Gasteiger partial charge >= 0.3 is 0 Å². The standard InChI is InChI=1S/C16H20BrNO2/c1-11-10-12(17)2-3-14(11)18-9-8-16(15(18)20)6-4-13(19)5-7-16/h2-3,10,13,19H,4-9H2,1H3. The summed E-state index contributed by atoms with van der Waals surface area (Å²) in [6.07, 6.45) is 3.90. The van der Waals surface area contributed by atoms with Crippen LogP contribution in [0.5, 0.6) is 0 Å². The van der Waals surface area contributed by atoms with E-state index in [9.17, 15) is 9.90 Å². The van der Waals surface area contributed by atoms with Crippen molar-refractivity contribution in [3.63, 3.8) is 0 Å². The molecule has 3 rings (SSSR count). The maximum atomic E-state index is 12.9. The second-order valence-electron chi connectivity index (χ2n) is 6.15. The molecule has 0 aromatic heterocycles. The minimum Gasteiger partial charge on any atom is -0.393 e. The molecule has 0 atom stereocenters. The lowest BCUT2D eigenvalue weighted by Gasteiger charge is -2.34. The van der Waals surface area contributed by atoms with E-state index in [4.69, 9.17) is 0 Å². The highest BCUT2D eigenvalue weighted by Gasteiger charge is 2.48. The van der Waals surface area contributed by atoms with Gasteiger partial charge in [-0.1, -0.05) is 15.9 Å². The lowest BCUT2D eigenvalue weighted by molar-refractivity contribution is -0.128. The number of amides is 1. The predicted molar refractivity (Wildman–Crippen MR) is 82.8 cm³/mol. The Morgan fingerprint density at radius 3 is 2.65 bits per heavy atom. The molecule has 0 unspecified atom stereocenters. The molecule has 0 radical (unpaired) electrons. The molecule has 1 aliphatic heterocycles. The zero-order valence-electron chi connectivity index (χ0n) is 11.7. The Balaban J connectivity index is 1.85. The van der Waals surface area contributed by atoms with Crippen LogP contribution in [0.3, 0.4) is 0 Å². The number of aliphatic hydroxyl groups is 1. The second-order valence-corrected chi connectivity index (χ2v) is 7.06. The van der Waals surface area contributed by atoms with E-state index in [1.807, 2.05) is 24.0 Å². The molecule has 3 nitrogen and oxygen atoms in total. The van der Waals surface area contributed by atoms with E-state index in [-0.39, 0.29) is 17.4 Å². The predicted octanol–water partition coefficient (Wildman–Crippen LogP) is 3.42. The normalized spacial score (nSPS) is 30.2. The van der Waals surface area contributed by atoms with Crippen molar-refractivity contribution in [3.8, 4) is 0 Å². The molecule has 1 aliphatic carbocycles. The van der Waals surface area contributed by atoms with Crippen molar-refractivity contribution in [3.05, 3.63) is 28.2 Å². The van der Waals surface area contributed by atoms with Gasteiger partial charge in [0.2, 0.25) is 5.91 Å². The second kappa shape index (κ2) is 5.15. The first-order chi connectivity index (χ1) is 9.52. The molecule has 20 heavy (non-hydrogen) atoms. The Hall–Kier alpha value is -0.870. The van der Waals surface area contributed by atoms with Gasteiger partial charge in [-0.15, -0.1) is 0 Å². The zero-order valence-corrected chi connectivity index (χ0v) is 13.3. The van der Waals surface area contributed by atoms with Gasteiger partial charge in [-0.05, 0) is 62.8 Å². The first-order valence-electron chi connectivity index (χ1n) is 7.28. The van der Waals surface area contributed by atoms with Crippen molar-refractivity contribution < 1.29 is 9.90 Å². The maximum Gasteiger partial charge on any atom is 0.233 e. The molecule has 1 amide bonds. The Morgan fingerprint density at radius 2 is 2.00 bits per heavy atom. The van der Waals surface area contributed by atoms with Gasteiger partial charge in [-0.2, -0.15) is 0 Å². The average Bonchev–Trinajstić information content (AvgIpc) is 2.72. The molecule has 108 valence electrons. The van der Waals surface area contributed by atoms with E-state index in [1.54, 1.807) is 0 Å². The topological polar surface area (TPSA) is 40.5 Å². The first-order valence-corrected chi connectivity index (χ1v) is 8.07. The molecular weight excluding hydrogens is 318 g/mol. The minimum atomic E-state index is -0.211. The van der Waals surface area contributed by atoms with Crippen LogP contribution in [-0.4, -0.2) is 23.7 Å².